The molecule has 0 aliphatic rings. The van der Waals surface area contributed by atoms with Crippen molar-refractivity contribution in [3.05, 3.63) is 97.5 Å². The van der Waals surface area contributed by atoms with Crippen molar-refractivity contribution in [3.63, 3.8) is 0 Å². The van der Waals surface area contributed by atoms with Gasteiger partial charge in [0.25, 0.3) is 11.8 Å². The second-order valence-electron chi connectivity index (χ2n) is 7.84. The number of carbonyl (C=O) groups is 3. The van der Waals surface area contributed by atoms with E-state index in [0.29, 0.717) is 37.2 Å². The molecule has 0 bridgehead atoms. The Balaban J connectivity index is 1.39. The molecule has 0 spiro atoms. The highest BCUT2D eigenvalue weighted by Gasteiger charge is 2.17. The molecule has 37 heavy (non-hydrogen) atoms. The fraction of sp³-hybridized carbons (Fsp3) is 0.0769. The largest absolute Gasteiger partial charge is 0.506 e. The topological polar surface area (TPSA) is 134 Å². The maximum absolute atomic E-state index is 12.6. The Bertz CT molecular complexity index is 1510. The number of primary amides is 1. The molecule has 5 N–H and O–H groups in total. The van der Waals surface area contributed by atoms with E-state index in [9.17, 15) is 19.5 Å². The van der Waals surface area contributed by atoms with Gasteiger partial charge in [-0.25, -0.2) is 5.43 Å². The van der Waals surface area contributed by atoms with Crippen LogP contribution in [0.25, 0.3) is 10.4 Å². The first-order valence-electron chi connectivity index (χ1n) is 10.9. The highest BCUT2D eigenvalue weighted by molar-refractivity contribution is 7.16. The number of rotatable bonds is 8. The van der Waals surface area contributed by atoms with Gasteiger partial charge in [-0.1, -0.05) is 41.9 Å². The van der Waals surface area contributed by atoms with Crippen LogP contribution in [-0.2, 0) is 6.54 Å². The van der Waals surface area contributed by atoms with Crippen molar-refractivity contribution in [3.8, 4) is 16.2 Å². The van der Waals surface area contributed by atoms with Crippen molar-refractivity contribution >= 4 is 57.7 Å². The van der Waals surface area contributed by atoms with Crippen molar-refractivity contribution in [2.24, 2.45) is 10.8 Å². The van der Waals surface area contributed by atoms with E-state index >= 15 is 0 Å². The van der Waals surface area contributed by atoms with Gasteiger partial charge in [-0.2, -0.15) is 5.10 Å². The van der Waals surface area contributed by atoms with E-state index in [1.165, 1.54) is 23.5 Å². The number of aromatic hydroxyl groups is 1. The van der Waals surface area contributed by atoms with Gasteiger partial charge in [0.05, 0.1) is 25.9 Å². The lowest BCUT2D eigenvalue weighted by Gasteiger charge is -2.07. The Labute approximate surface area is 225 Å². The van der Waals surface area contributed by atoms with Gasteiger partial charge in [-0.05, 0) is 48.4 Å². The van der Waals surface area contributed by atoms with Gasteiger partial charge in [0.2, 0.25) is 5.91 Å². The summed E-state index contributed by atoms with van der Waals surface area (Å²) in [5.74, 6) is -1.39. The fourth-order valence-electron chi connectivity index (χ4n) is 3.42. The summed E-state index contributed by atoms with van der Waals surface area (Å²) in [5.41, 5.74) is 10.5. The Morgan fingerprint density at radius 1 is 0.973 bits per heavy atom. The second kappa shape index (κ2) is 11.4. The molecule has 11 heteroatoms. The number of hydrogen-bond acceptors (Lipinski definition) is 7. The molecule has 2 aromatic heterocycles. The normalized spacial score (nSPS) is 11.2. The molecule has 0 saturated carbocycles. The van der Waals surface area contributed by atoms with Crippen molar-refractivity contribution in [1.82, 2.24) is 10.7 Å². The highest BCUT2D eigenvalue weighted by atomic mass is 35.5. The number of nitrogens with one attached hydrogen (secondary N) is 2. The SMILES string of the molecule is CC(=NNC(=O)c1ccc(C(=O)NCc2ccccc2C(N)=O)s1)c1csc(-c2ccc(Cl)cc2)c1O. The van der Waals surface area contributed by atoms with E-state index in [4.69, 9.17) is 17.3 Å². The fourth-order valence-corrected chi connectivity index (χ4v) is 5.37. The zero-order chi connectivity index (χ0) is 26.5. The lowest BCUT2D eigenvalue weighted by atomic mass is 10.1. The number of hydrazone groups is 1. The van der Waals surface area contributed by atoms with Gasteiger partial charge in [0.15, 0.2) is 0 Å². The lowest BCUT2D eigenvalue weighted by Crippen LogP contribution is -2.24. The number of benzene rings is 2. The molecule has 0 saturated heterocycles. The predicted octanol–water partition coefficient (Wildman–Crippen LogP) is 5.02. The smallest absolute Gasteiger partial charge is 0.281 e. The molecule has 0 fully saturated rings. The Morgan fingerprint density at radius 2 is 1.65 bits per heavy atom. The first-order valence-corrected chi connectivity index (χ1v) is 13.0. The molecule has 0 atom stereocenters. The number of carbonyl (C=O) groups excluding carboxylic acids is 3. The second-order valence-corrected chi connectivity index (χ2v) is 10.2. The van der Waals surface area contributed by atoms with Crippen LogP contribution in [0, 0.1) is 0 Å². The summed E-state index contributed by atoms with van der Waals surface area (Å²) in [5, 5.41) is 19.9. The first-order chi connectivity index (χ1) is 17.7. The van der Waals surface area contributed by atoms with Crippen LogP contribution >= 0.6 is 34.3 Å². The summed E-state index contributed by atoms with van der Waals surface area (Å²) in [6.45, 7) is 1.79. The standard InChI is InChI=1S/C26H21ClN4O4S2/c1-14(19-13-36-23(22(19)32)15-6-8-17(27)9-7-15)30-31-26(35)21-11-10-20(37-21)25(34)29-12-16-4-2-3-5-18(16)24(28)33/h2-11,13,32H,12H2,1H3,(H2,28,33)(H,29,34)(H,31,35). The summed E-state index contributed by atoms with van der Waals surface area (Å²) >= 11 is 8.29. The minimum absolute atomic E-state index is 0.0656. The quantitative estimate of drug-likeness (QED) is 0.180. The molecule has 3 amide bonds. The maximum atomic E-state index is 12.6. The van der Waals surface area contributed by atoms with Crippen LogP contribution in [0.5, 0.6) is 5.75 Å². The van der Waals surface area contributed by atoms with Gasteiger partial charge in [0, 0.05) is 22.5 Å². The molecule has 8 nitrogen and oxygen atoms in total. The van der Waals surface area contributed by atoms with E-state index in [-0.39, 0.29) is 23.1 Å². The third-order valence-corrected chi connectivity index (χ3v) is 7.72. The zero-order valence-electron chi connectivity index (χ0n) is 19.4. The number of hydrogen-bond donors (Lipinski definition) is 4. The van der Waals surface area contributed by atoms with Gasteiger partial charge in [-0.3, -0.25) is 14.4 Å². The van der Waals surface area contributed by atoms with Crippen LogP contribution in [0.2, 0.25) is 5.02 Å². The number of nitrogens with two attached hydrogens (primary N) is 1. The van der Waals surface area contributed by atoms with E-state index < -0.39 is 11.8 Å². The zero-order valence-corrected chi connectivity index (χ0v) is 21.8. The number of amides is 3. The van der Waals surface area contributed by atoms with Crippen LogP contribution in [0.1, 0.15) is 47.8 Å². The maximum Gasteiger partial charge on any atom is 0.281 e. The molecular formula is C26H21ClN4O4S2. The van der Waals surface area contributed by atoms with E-state index in [0.717, 1.165) is 16.9 Å². The van der Waals surface area contributed by atoms with Crippen molar-refractivity contribution in [2.75, 3.05) is 0 Å². The molecule has 0 unspecified atom stereocenters. The summed E-state index contributed by atoms with van der Waals surface area (Å²) in [7, 11) is 0. The van der Waals surface area contributed by atoms with Crippen LogP contribution in [0.4, 0.5) is 0 Å². The molecule has 0 radical (unpaired) electrons. The van der Waals surface area contributed by atoms with Crippen LogP contribution in [-0.4, -0.2) is 28.5 Å². The third kappa shape index (κ3) is 6.05. The molecule has 0 aliphatic carbocycles. The summed E-state index contributed by atoms with van der Waals surface area (Å²) < 4.78 is 0. The molecular weight excluding hydrogens is 532 g/mol. The highest BCUT2D eigenvalue weighted by Crippen LogP contribution is 2.39. The molecule has 2 heterocycles. The van der Waals surface area contributed by atoms with Crippen LogP contribution in [0.3, 0.4) is 0 Å². The van der Waals surface area contributed by atoms with Gasteiger partial charge in [0.1, 0.15) is 5.75 Å². The molecule has 4 rings (SSSR count). The van der Waals surface area contributed by atoms with Crippen LogP contribution < -0.4 is 16.5 Å². The van der Waals surface area contributed by atoms with E-state index in [1.807, 2.05) is 12.1 Å². The number of nitrogens with zero attached hydrogens (tertiary/aromatic N) is 1. The molecule has 2 aromatic carbocycles. The monoisotopic (exact) mass is 552 g/mol. The Hall–Kier alpha value is -3.99. The predicted molar refractivity (Wildman–Crippen MR) is 147 cm³/mol. The van der Waals surface area contributed by atoms with Crippen molar-refractivity contribution < 1.29 is 19.5 Å². The first kappa shape index (κ1) is 26.1. The number of thiophene rings is 2. The Kier molecular flexibility index (Phi) is 8.02. The summed E-state index contributed by atoms with van der Waals surface area (Å²) in [6, 6.07) is 16.9. The lowest BCUT2D eigenvalue weighted by molar-refractivity contribution is 0.0948. The van der Waals surface area contributed by atoms with Crippen molar-refractivity contribution in [2.45, 2.75) is 13.5 Å². The summed E-state index contributed by atoms with van der Waals surface area (Å²) in [6.07, 6.45) is 0. The van der Waals surface area contributed by atoms with Crippen molar-refractivity contribution in [1.29, 1.82) is 0 Å². The average molecular weight is 553 g/mol. The molecule has 0 aliphatic heterocycles. The van der Waals surface area contributed by atoms with Crippen LogP contribution in [0.15, 0.2) is 71.1 Å². The van der Waals surface area contributed by atoms with E-state index in [2.05, 4.69) is 15.8 Å². The van der Waals surface area contributed by atoms with E-state index in [1.54, 1.807) is 48.7 Å². The molecule has 4 aromatic rings. The third-order valence-electron chi connectivity index (χ3n) is 5.36. The van der Waals surface area contributed by atoms with Gasteiger partial charge in [-0.15, -0.1) is 22.7 Å². The minimum atomic E-state index is -0.576. The van der Waals surface area contributed by atoms with Gasteiger partial charge >= 0.3 is 0 Å². The average Bonchev–Trinajstić information content (AvgIpc) is 3.54. The van der Waals surface area contributed by atoms with Gasteiger partial charge < -0.3 is 16.2 Å². The molecule has 188 valence electrons. The Morgan fingerprint density at radius 3 is 2.35 bits per heavy atom. The summed E-state index contributed by atoms with van der Waals surface area (Å²) in [4.78, 5) is 38.0. The minimum Gasteiger partial charge on any atom is -0.506 e. The number of halogens is 1.